The quantitative estimate of drug-likeness (QED) is 0.583. The Hall–Kier alpha value is -1.62. The number of halogens is 3. The van der Waals surface area contributed by atoms with Gasteiger partial charge >= 0.3 is 0 Å². The van der Waals surface area contributed by atoms with Crippen LogP contribution >= 0.6 is 11.6 Å². The number of alkyl halides is 1. The summed E-state index contributed by atoms with van der Waals surface area (Å²) >= 11 is 6.06. The number of rotatable bonds is 1. The van der Waals surface area contributed by atoms with E-state index in [0.29, 0.717) is 12.2 Å². The number of aliphatic imine (C=N–C) groups is 1. The third-order valence-corrected chi connectivity index (χ3v) is 3.76. The second kappa shape index (κ2) is 4.49. The van der Waals surface area contributed by atoms with Gasteiger partial charge in [-0.2, -0.15) is 0 Å². The van der Waals surface area contributed by atoms with Crippen molar-refractivity contribution in [3.05, 3.63) is 41.2 Å². The topological polar surface area (TPSA) is 18.8 Å². The predicted octanol–water partition coefficient (Wildman–Crippen LogP) is 2.93. The Morgan fingerprint density at radius 2 is 2.16 bits per heavy atom. The molecule has 0 fully saturated rings. The number of hydrogen-bond acceptors (Lipinski definition) is 3. The van der Waals surface area contributed by atoms with Gasteiger partial charge in [0.15, 0.2) is 5.62 Å². The maximum absolute atomic E-state index is 13.9. The van der Waals surface area contributed by atoms with Gasteiger partial charge in [0.25, 0.3) is 0 Å². The van der Waals surface area contributed by atoms with Gasteiger partial charge in [-0.15, -0.1) is 0 Å². The summed E-state index contributed by atoms with van der Waals surface area (Å²) in [5.74, 6) is -0.320. The second-order valence-electron chi connectivity index (χ2n) is 4.55. The van der Waals surface area contributed by atoms with E-state index < -0.39 is 17.3 Å². The van der Waals surface area contributed by atoms with Gasteiger partial charge < -0.3 is 9.80 Å². The maximum atomic E-state index is 13.9. The van der Waals surface area contributed by atoms with Crippen molar-refractivity contribution in [2.75, 3.05) is 18.5 Å². The monoisotopic (exact) mass is 283 g/mol. The van der Waals surface area contributed by atoms with E-state index in [9.17, 15) is 8.78 Å². The van der Waals surface area contributed by atoms with Crippen molar-refractivity contribution in [1.82, 2.24) is 4.90 Å². The lowest BCUT2D eigenvalue weighted by molar-refractivity contribution is 0.380. The Labute approximate surface area is 114 Å². The lowest BCUT2D eigenvalue weighted by Crippen LogP contribution is -2.36. The SMILES string of the molecule is CN1C2=C(C=NC1Cl)CCN2c1ccc(F)cc1F. The molecule has 0 bridgehead atoms. The van der Waals surface area contributed by atoms with Crippen LogP contribution in [0.15, 0.2) is 34.6 Å². The first kappa shape index (κ1) is 12.4. The molecule has 1 aromatic carbocycles. The van der Waals surface area contributed by atoms with Gasteiger partial charge in [-0.3, -0.25) is 4.99 Å². The first-order chi connectivity index (χ1) is 9.08. The summed E-state index contributed by atoms with van der Waals surface area (Å²) in [6.45, 7) is 0.632. The van der Waals surface area contributed by atoms with E-state index in [-0.39, 0.29) is 0 Å². The minimum atomic E-state index is -0.580. The van der Waals surface area contributed by atoms with Gasteiger partial charge in [0.05, 0.1) is 5.69 Å². The highest BCUT2D eigenvalue weighted by atomic mass is 35.5. The lowest BCUT2D eigenvalue weighted by Gasteiger charge is -2.33. The van der Waals surface area contributed by atoms with Crippen LogP contribution in [0.2, 0.25) is 0 Å². The Morgan fingerprint density at radius 1 is 1.37 bits per heavy atom. The Balaban J connectivity index is 2.03. The molecule has 100 valence electrons. The van der Waals surface area contributed by atoms with E-state index in [0.717, 1.165) is 23.9 Å². The van der Waals surface area contributed by atoms with Crippen LogP contribution in [0.25, 0.3) is 0 Å². The van der Waals surface area contributed by atoms with Crippen molar-refractivity contribution < 1.29 is 8.78 Å². The van der Waals surface area contributed by atoms with Gasteiger partial charge in [-0.1, -0.05) is 11.6 Å². The molecule has 0 N–H and O–H groups in total. The number of nitrogens with zero attached hydrogens (tertiary/aromatic N) is 3. The minimum Gasteiger partial charge on any atom is -0.326 e. The normalized spacial score (nSPS) is 22.2. The minimum absolute atomic E-state index is 0.359. The Morgan fingerprint density at radius 3 is 2.89 bits per heavy atom. The molecule has 0 aliphatic carbocycles. The van der Waals surface area contributed by atoms with E-state index >= 15 is 0 Å². The van der Waals surface area contributed by atoms with E-state index in [1.54, 1.807) is 11.1 Å². The smallest absolute Gasteiger partial charge is 0.198 e. The summed E-state index contributed by atoms with van der Waals surface area (Å²) in [7, 11) is 1.81. The number of hydrogen-bond donors (Lipinski definition) is 0. The van der Waals surface area contributed by atoms with E-state index in [2.05, 4.69) is 4.99 Å². The fraction of sp³-hybridized carbons (Fsp3) is 0.308. The summed E-state index contributed by atoms with van der Waals surface area (Å²) in [4.78, 5) is 7.74. The molecule has 0 spiro atoms. The highest BCUT2D eigenvalue weighted by Gasteiger charge is 2.32. The summed E-state index contributed by atoms with van der Waals surface area (Å²) in [5, 5.41) is 0. The lowest BCUT2D eigenvalue weighted by atomic mass is 10.2. The van der Waals surface area contributed by atoms with E-state index in [1.807, 2.05) is 11.9 Å². The molecule has 3 rings (SSSR count). The van der Waals surface area contributed by atoms with E-state index in [4.69, 9.17) is 11.6 Å². The van der Waals surface area contributed by atoms with Crippen molar-refractivity contribution in [3.8, 4) is 0 Å². The molecule has 0 saturated carbocycles. The first-order valence-corrected chi connectivity index (χ1v) is 6.37. The van der Waals surface area contributed by atoms with Gasteiger partial charge in [0.1, 0.15) is 17.5 Å². The Kier molecular flexibility index (Phi) is 2.93. The zero-order chi connectivity index (χ0) is 13.6. The predicted molar refractivity (Wildman–Crippen MR) is 71.2 cm³/mol. The second-order valence-corrected chi connectivity index (χ2v) is 4.94. The van der Waals surface area contributed by atoms with Crippen LogP contribution in [0.5, 0.6) is 0 Å². The molecule has 2 aliphatic rings. The van der Waals surface area contributed by atoms with Gasteiger partial charge in [0, 0.05) is 31.4 Å². The average Bonchev–Trinajstić information content (AvgIpc) is 2.78. The fourth-order valence-electron chi connectivity index (χ4n) is 2.45. The molecule has 0 aromatic heterocycles. The molecule has 0 amide bonds. The third kappa shape index (κ3) is 1.98. The van der Waals surface area contributed by atoms with Crippen LogP contribution in [0.3, 0.4) is 0 Å². The van der Waals surface area contributed by atoms with Crippen LogP contribution in [-0.2, 0) is 0 Å². The molecule has 6 heteroatoms. The van der Waals surface area contributed by atoms with Gasteiger partial charge in [-0.05, 0) is 18.6 Å². The van der Waals surface area contributed by atoms with Crippen LogP contribution in [-0.4, -0.2) is 30.3 Å². The molecule has 19 heavy (non-hydrogen) atoms. The zero-order valence-electron chi connectivity index (χ0n) is 10.3. The standard InChI is InChI=1S/C13H12ClF2N3/c1-18-12-8(7-17-13(18)14)4-5-19(12)11-3-2-9(15)6-10(11)16/h2-3,6-7,13H,4-5H2,1H3. The van der Waals surface area contributed by atoms with Crippen LogP contribution in [0, 0.1) is 11.6 Å². The zero-order valence-corrected chi connectivity index (χ0v) is 11.0. The highest BCUT2D eigenvalue weighted by Crippen LogP contribution is 2.35. The van der Waals surface area contributed by atoms with E-state index in [1.165, 1.54) is 12.1 Å². The molecule has 2 aliphatic heterocycles. The molecule has 0 saturated heterocycles. The molecular formula is C13H12ClF2N3. The van der Waals surface area contributed by atoms with Crippen LogP contribution in [0.4, 0.5) is 14.5 Å². The number of anilines is 1. The van der Waals surface area contributed by atoms with Crippen LogP contribution in [0.1, 0.15) is 6.42 Å². The molecule has 1 aromatic rings. The van der Waals surface area contributed by atoms with Crippen molar-refractivity contribution >= 4 is 23.5 Å². The van der Waals surface area contributed by atoms with Crippen LogP contribution < -0.4 is 4.90 Å². The molecule has 3 nitrogen and oxygen atoms in total. The Bertz CT molecular complexity index is 585. The van der Waals surface area contributed by atoms with Crippen molar-refractivity contribution in [2.45, 2.75) is 12.0 Å². The van der Waals surface area contributed by atoms with Crippen molar-refractivity contribution in [2.24, 2.45) is 4.99 Å². The summed E-state index contributed by atoms with van der Waals surface area (Å²) in [6.07, 6.45) is 2.50. The average molecular weight is 284 g/mol. The van der Waals surface area contributed by atoms with Crippen molar-refractivity contribution in [3.63, 3.8) is 0 Å². The third-order valence-electron chi connectivity index (χ3n) is 3.36. The number of benzene rings is 1. The molecule has 0 radical (unpaired) electrons. The molecule has 1 unspecified atom stereocenters. The largest absolute Gasteiger partial charge is 0.326 e. The first-order valence-electron chi connectivity index (χ1n) is 5.94. The van der Waals surface area contributed by atoms with Gasteiger partial charge in [0.2, 0.25) is 0 Å². The summed E-state index contributed by atoms with van der Waals surface area (Å²) in [6, 6.07) is 3.60. The maximum Gasteiger partial charge on any atom is 0.198 e. The summed E-state index contributed by atoms with van der Waals surface area (Å²) in [5.41, 5.74) is 0.878. The van der Waals surface area contributed by atoms with Crippen molar-refractivity contribution in [1.29, 1.82) is 0 Å². The molecule has 1 atom stereocenters. The molecule has 2 heterocycles. The molecular weight excluding hydrogens is 272 g/mol. The fourth-order valence-corrected chi connectivity index (χ4v) is 2.60. The highest BCUT2D eigenvalue weighted by molar-refractivity contribution is 6.21. The van der Waals surface area contributed by atoms with Gasteiger partial charge in [-0.25, -0.2) is 8.78 Å². The summed E-state index contributed by atoms with van der Waals surface area (Å²) < 4.78 is 26.9.